The molecule has 7 heteroatoms. The maximum Gasteiger partial charge on any atom is 0.266 e. The van der Waals surface area contributed by atoms with E-state index in [2.05, 4.69) is 21.2 Å². The molecule has 0 aliphatic heterocycles. The van der Waals surface area contributed by atoms with Gasteiger partial charge in [0.25, 0.3) is 5.91 Å². The number of anilines is 1. The van der Waals surface area contributed by atoms with Gasteiger partial charge in [-0.1, -0.05) is 63.4 Å². The first-order chi connectivity index (χ1) is 15.3. The Balaban J connectivity index is 1.91. The molecular weight excluding hydrogens is 511 g/mol. The third-order valence-electron chi connectivity index (χ3n) is 4.91. The van der Waals surface area contributed by atoms with Crippen molar-refractivity contribution in [2.24, 2.45) is 0 Å². The molecule has 162 valence electrons. The molecule has 32 heavy (non-hydrogen) atoms. The second-order valence-electron chi connectivity index (χ2n) is 6.99. The van der Waals surface area contributed by atoms with Gasteiger partial charge in [0.15, 0.2) is 0 Å². The first kappa shape index (κ1) is 23.9. The number of halogens is 3. The average molecular weight is 530 g/mol. The molecule has 0 radical (unpaired) electrons. The summed E-state index contributed by atoms with van der Waals surface area (Å²) in [5, 5.41) is 13.5. The number of nitrogens with zero attached hydrogens (tertiary/aromatic N) is 1. The number of carbonyl (C=O) groups excluding carboxylic acids is 1. The predicted molar refractivity (Wildman–Crippen MR) is 133 cm³/mol. The van der Waals surface area contributed by atoms with Crippen molar-refractivity contribution >= 4 is 56.8 Å². The van der Waals surface area contributed by atoms with E-state index in [4.69, 9.17) is 27.9 Å². The molecule has 0 heterocycles. The van der Waals surface area contributed by atoms with Crippen LogP contribution in [0.25, 0.3) is 6.08 Å². The van der Waals surface area contributed by atoms with Gasteiger partial charge >= 0.3 is 0 Å². The lowest BCUT2D eigenvalue weighted by Crippen LogP contribution is -2.14. The first-order valence-corrected chi connectivity index (χ1v) is 11.2. The Bertz CT molecular complexity index is 1250. The van der Waals surface area contributed by atoms with E-state index < -0.39 is 5.91 Å². The quantitative estimate of drug-likeness (QED) is 0.271. The molecule has 0 spiro atoms. The van der Waals surface area contributed by atoms with Crippen molar-refractivity contribution in [1.82, 2.24) is 0 Å². The van der Waals surface area contributed by atoms with E-state index in [1.54, 1.807) is 38.3 Å². The summed E-state index contributed by atoms with van der Waals surface area (Å²) in [5.74, 6) is 0.0991. The van der Waals surface area contributed by atoms with E-state index in [9.17, 15) is 10.1 Å². The topological polar surface area (TPSA) is 62.1 Å². The number of nitriles is 1. The molecule has 3 aromatic carbocycles. The molecule has 0 unspecified atom stereocenters. The van der Waals surface area contributed by atoms with Crippen LogP contribution >= 0.6 is 39.1 Å². The maximum atomic E-state index is 12.7. The summed E-state index contributed by atoms with van der Waals surface area (Å²) < 4.78 is 6.36. The lowest BCUT2D eigenvalue weighted by Gasteiger charge is -2.13. The largest absolute Gasteiger partial charge is 0.496 e. The Morgan fingerprint density at radius 3 is 2.56 bits per heavy atom. The lowest BCUT2D eigenvalue weighted by atomic mass is 10.0. The molecule has 0 bridgehead atoms. The minimum absolute atomic E-state index is 0.0443. The van der Waals surface area contributed by atoms with Crippen LogP contribution in [0.5, 0.6) is 5.75 Å². The summed E-state index contributed by atoms with van der Waals surface area (Å²) in [6.45, 7) is 1.80. The van der Waals surface area contributed by atoms with E-state index >= 15 is 0 Å². The van der Waals surface area contributed by atoms with E-state index in [0.29, 0.717) is 33.5 Å². The highest BCUT2D eigenvalue weighted by Crippen LogP contribution is 2.33. The van der Waals surface area contributed by atoms with Gasteiger partial charge in [-0.05, 0) is 60.0 Å². The molecule has 3 rings (SSSR count). The van der Waals surface area contributed by atoms with Crippen LogP contribution in [0.1, 0.15) is 22.3 Å². The fourth-order valence-corrected chi connectivity index (χ4v) is 4.13. The fourth-order valence-electron chi connectivity index (χ4n) is 3.15. The molecule has 0 atom stereocenters. The second kappa shape index (κ2) is 10.7. The summed E-state index contributed by atoms with van der Waals surface area (Å²) in [5.41, 5.74) is 3.76. The van der Waals surface area contributed by atoms with Gasteiger partial charge in [0.1, 0.15) is 17.4 Å². The van der Waals surface area contributed by atoms with Crippen molar-refractivity contribution in [3.8, 4) is 11.8 Å². The van der Waals surface area contributed by atoms with Crippen LogP contribution in [0.15, 0.2) is 64.6 Å². The van der Waals surface area contributed by atoms with Crippen LogP contribution in [0.3, 0.4) is 0 Å². The highest BCUT2D eigenvalue weighted by Gasteiger charge is 2.15. The molecule has 3 aromatic rings. The second-order valence-corrected chi connectivity index (χ2v) is 8.66. The van der Waals surface area contributed by atoms with E-state index in [1.807, 2.05) is 36.4 Å². The number of ether oxygens (including phenoxy) is 1. The number of hydrogen-bond donors (Lipinski definition) is 1. The summed E-state index contributed by atoms with van der Waals surface area (Å²) in [6.07, 6.45) is 2.08. The van der Waals surface area contributed by atoms with Gasteiger partial charge in [-0.15, -0.1) is 0 Å². The molecule has 0 fully saturated rings. The van der Waals surface area contributed by atoms with Crippen LogP contribution in [0.2, 0.25) is 10.0 Å². The van der Waals surface area contributed by atoms with Gasteiger partial charge in [-0.2, -0.15) is 5.26 Å². The molecule has 0 aliphatic carbocycles. The Kier molecular flexibility index (Phi) is 7.98. The van der Waals surface area contributed by atoms with Gasteiger partial charge in [0.05, 0.1) is 7.11 Å². The molecular formula is C25H19BrCl2N2O2. The molecule has 0 aromatic heterocycles. The predicted octanol–water partition coefficient (Wildman–Crippen LogP) is 7.21. The summed E-state index contributed by atoms with van der Waals surface area (Å²) >= 11 is 16.0. The Morgan fingerprint density at radius 1 is 1.16 bits per heavy atom. The van der Waals surface area contributed by atoms with E-state index in [0.717, 1.165) is 21.2 Å². The zero-order chi connectivity index (χ0) is 23.3. The Morgan fingerprint density at radius 2 is 1.88 bits per heavy atom. The number of benzene rings is 3. The standard InChI is InChI=1S/C25H19BrCl2N2O2/c1-15-21(27)8-5-9-23(15)30-25(31)18(14-29)10-16-11-20(26)19(24(12-16)32-2)13-17-6-3-4-7-22(17)28/h3-12H,13H2,1-2H3,(H,30,31)/b18-10+. The number of methoxy groups -OCH3 is 1. The first-order valence-electron chi connectivity index (χ1n) is 9.62. The SMILES string of the molecule is COc1cc(/C=C(\C#N)C(=O)Nc2cccc(Cl)c2C)cc(Br)c1Cc1ccccc1Cl. The third-order valence-corrected chi connectivity index (χ3v) is 6.40. The number of nitrogens with one attached hydrogen (secondary N) is 1. The Hall–Kier alpha value is -2.78. The van der Waals surface area contributed by atoms with Gasteiger partial charge in [-0.3, -0.25) is 4.79 Å². The van der Waals surface area contributed by atoms with E-state index in [1.165, 1.54) is 6.08 Å². The van der Waals surface area contributed by atoms with Crippen LogP contribution in [-0.4, -0.2) is 13.0 Å². The molecule has 0 aliphatic rings. The smallest absolute Gasteiger partial charge is 0.266 e. The number of carbonyl (C=O) groups is 1. The number of hydrogen-bond acceptors (Lipinski definition) is 3. The van der Waals surface area contributed by atoms with E-state index in [-0.39, 0.29) is 5.57 Å². The number of rotatable bonds is 6. The molecule has 0 saturated carbocycles. The summed E-state index contributed by atoms with van der Waals surface area (Å²) in [7, 11) is 1.57. The maximum absolute atomic E-state index is 12.7. The minimum atomic E-state index is -0.520. The number of amides is 1. The molecule has 0 saturated heterocycles. The van der Waals surface area contributed by atoms with Crippen LogP contribution < -0.4 is 10.1 Å². The van der Waals surface area contributed by atoms with Crippen LogP contribution in [0, 0.1) is 18.3 Å². The molecule has 4 nitrogen and oxygen atoms in total. The van der Waals surface area contributed by atoms with Gasteiger partial charge in [-0.25, -0.2) is 0 Å². The van der Waals surface area contributed by atoms with Crippen molar-refractivity contribution in [1.29, 1.82) is 5.26 Å². The van der Waals surface area contributed by atoms with Gasteiger partial charge in [0.2, 0.25) is 0 Å². The molecule has 1 amide bonds. The average Bonchev–Trinajstić information content (AvgIpc) is 2.77. The molecule has 1 N–H and O–H groups in total. The lowest BCUT2D eigenvalue weighted by molar-refractivity contribution is -0.112. The van der Waals surface area contributed by atoms with Gasteiger partial charge < -0.3 is 10.1 Å². The van der Waals surface area contributed by atoms with Gasteiger partial charge in [0, 0.05) is 32.2 Å². The zero-order valence-electron chi connectivity index (χ0n) is 17.4. The van der Waals surface area contributed by atoms with Crippen molar-refractivity contribution in [2.75, 3.05) is 12.4 Å². The fraction of sp³-hybridized carbons (Fsp3) is 0.120. The highest BCUT2D eigenvalue weighted by atomic mass is 79.9. The zero-order valence-corrected chi connectivity index (χ0v) is 20.5. The van der Waals surface area contributed by atoms with Crippen molar-refractivity contribution in [3.05, 3.63) is 96.9 Å². The van der Waals surface area contributed by atoms with Crippen molar-refractivity contribution in [2.45, 2.75) is 13.3 Å². The van der Waals surface area contributed by atoms with Crippen LogP contribution in [-0.2, 0) is 11.2 Å². The summed E-state index contributed by atoms with van der Waals surface area (Å²) in [6, 6.07) is 18.4. The minimum Gasteiger partial charge on any atom is -0.496 e. The van der Waals surface area contributed by atoms with Crippen molar-refractivity contribution in [3.63, 3.8) is 0 Å². The summed E-state index contributed by atoms with van der Waals surface area (Å²) in [4.78, 5) is 12.7. The monoisotopic (exact) mass is 528 g/mol. The van der Waals surface area contributed by atoms with Crippen molar-refractivity contribution < 1.29 is 9.53 Å². The Labute approximate surface area is 205 Å². The van der Waals surface area contributed by atoms with Crippen LogP contribution in [0.4, 0.5) is 5.69 Å². The third kappa shape index (κ3) is 5.52. The highest BCUT2D eigenvalue weighted by molar-refractivity contribution is 9.10. The normalized spacial score (nSPS) is 11.1.